The summed E-state index contributed by atoms with van der Waals surface area (Å²) in [5.41, 5.74) is 2.13. The number of benzene rings is 2. The molecule has 0 atom stereocenters. The fraction of sp³-hybridized carbons (Fsp3) is 0.350. The standard InChI is InChI=1S/C20H21ClFN3O3S/c21-18-9-14-12-25(20(26)17(14)10-19(18)29(23,27)28)16-5-7-24(8-6-16)11-13-1-3-15(22)4-2-13/h1-4,9-10,16H,5-8,11-12H2,(H2,23,27,28). The van der Waals surface area contributed by atoms with Gasteiger partial charge in [0.15, 0.2) is 0 Å². The Labute approximate surface area is 174 Å². The summed E-state index contributed by atoms with van der Waals surface area (Å²) >= 11 is 6.06. The first kappa shape index (κ1) is 20.3. The molecule has 0 aromatic heterocycles. The van der Waals surface area contributed by atoms with E-state index in [0.29, 0.717) is 12.1 Å². The summed E-state index contributed by atoms with van der Waals surface area (Å²) in [5, 5.41) is 5.23. The number of carbonyl (C=O) groups excluding carboxylic acids is 1. The molecule has 2 aromatic carbocycles. The zero-order valence-electron chi connectivity index (χ0n) is 15.6. The summed E-state index contributed by atoms with van der Waals surface area (Å²) in [6.07, 6.45) is 1.63. The maximum absolute atomic E-state index is 13.1. The lowest BCUT2D eigenvalue weighted by Gasteiger charge is -2.36. The second kappa shape index (κ2) is 7.68. The molecule has 2 aliphatic heterocycles. The van der Waals surface area contributed by atoms with Crippen LogP contribution in [0.5, 0.6) is 0 Å². The Morgan fingerprint density at radius 1 is 1.14 bits per heavy atom. The second-order valence-electron chi connectivity index (χ2n) is 7.55. The Bertz CT molecular complexity index is 1050. The summed E-state index contributed by atoms with van der Waals surface area (Å²) in [4.78, 5) is 16.7. The molecular weight excluding hydrogens is 417 g/mol. The van der Waals surface area contributed by atoms with E-state index in [1.165, 1.54) is 24.3 Å². The normalized spacial score (nSPS) is 18.3. The number of likely N-dealkylation sites (tertiary alicyclic amines) is 1. The number of nitrogens with two attached hydrogens (primary N) is 1. The van der Waals surface area contributed by atoms with E-state index in [9.17, 15) is 17.6 Å². The first-order chi connectivity index (χ1) is 13.7. The lowest BCUT2D eigenvalue weighted by atomic mass is 10.0. The van der Waals surface area contributed by atoms with Crippen molar-refractivity contribution in [3.8, 4) is 0 Å². The van der Waals surface area contributed by atoms with E-state index in [1.807, 2.05) is 0 Å². The van der Waals surface area contributed by atoms with Crippen LogP contribution in [-0.4, -0.2) is 43.3 Å². The number of hydrogen-bond acceptors (Lipinski definition) is 4. The van der Waals surface area contributed by atoms with Gasteiger partial charge in [-0.3, -0.25) is 9.69 Å². The summed E-state index contributed by atoms with van der Waals surface area (Å²) in [6.45, 7) is 2.81. The van der Waals surface area contributed by atoms with E-state index in [-0.39, 0.29) is 27.7 Å². The Morgan fingerprint density at radius 3 is 2.41 bits per heavy atom. The number of primary sulfonamides is 1. The summed E-state index contributed by atoms with van der Waals surface area (Å²) in [6, 6.07) is 9.39. The zero-order chi connectivity index (χ0) is 20.8. The summed E-state index contributed by atoms with van der Waals surface area (Å²) in [5.74, 6) is -0.427. The number of carbonyl (C=O) groups is 1. The quantitative estimate of drug-likeness (QED) is 0.797. The third-order valence-electron chi connectivity index (χ3n) is 5.61. The van der Waals surface area contributed by atoms with E-state index in [0.717, 1.165) is 43.6 Å². The van der Waals surface area contributed by atoms with Gasteiger partial charge in [-0.2, -0.15) is 0 Å². The average molecular weight is 438 g/mol. The molecule has 6 nitrogen and oxygen atoms in total. The molecule has 2 aliphatic rings. The molecule has 4 rings (SSSR count). The van der Waals surface area contributed by atoms with Crippen molar-refractivity contribution in [3.63, 3.8) is 0 Å². The van der Waals surface area contributed by atoms with Crippen molar-refractivity contribution in [2.24, 2.45) is 5.14 Å². The largest absolute Gasteiger partial charge is 0.331 e. The molecule has 2 heterocycles. The first-order valence-corrected chi connectivity index (χ1v) is 11.3. The number of nitrogens with zero attached hydrogens (tertiary/aromatic N) is 2. The lowest BCUT2D eigenvalue weighted by molar-refractivity contribution is 0.0590. The summed E-state index contributed by atoms with van der Waals surface area (Å²) < 4.78 is 36.4. The molecule has 0 aliphatic carbocycles. The van der Waals surface area contributed by atoms with Crippen molar-refractivity contribution in [1.82, 2.24) is 9.80 Å². The van der Waals surface area contributed by atoms with Crippen LogP contribution in [-0.2, 0) is 23.1 Å². The zero-order valence-corrected chi connectivity index (χ0v) is 17.2. The third kappa shape index (κ3) is 4.16. The van der Waals surface area contributed by atoms with Crippen molar-refractivity contribution in [2.75, 3.05) is 13.1 Å². The highest BCUT2D eigenvalue weighted by Crippen LogP contribution is 2.33. The molecule has 0 bridgehead atoms. The Hall–Kier alpha value is -2.00. The van der Waals surface area contributed by atoms with Crippen molar-refractivity contribution < 1.29 is 17.6 Å². The highest BCUT2D eigenvalue weighted by molar-refractivity contribution is 7.89. The van der Waals surface area contributed by atoms with Gasteiger partial charge < -0.3 is 4.90 Å². The minimum absolute atomic E-state index is 0.0371. The number of piperidine rings is 1. The van der Waals surface area contributed by atoms with Gasteiger partial charge in [-0.15, -0.1) is 0 Å². The monoisotopic (exact) mass is 437 g/mol. The smallest absolute Gasteiger partial charge is 0.254 e. The van der Waals surface area contributed by atoms with Crippen molar-refractivity contribution in [1.29, 1.82) is 0 Å². The third-order valence-corrected chi connectivity index (χ3v) is 6.99. The molecule has 1 amide bonds. The predicted molar refractivity (Wildman–Crippen MR) is 107 cm³/mol. The van der Waals surface area contributed by atoms with Gasteiger partial charge in [0, 0.05) is 37.8 Å². The molecule has 29 heavy (non-hydrogen) atoms. The van der Waals surface area contributed by atoms with E-state index >= 15 is 0 Å². The van der Waals surface area contributed by atoms with Gasteiger partial charge >= 0.3 is 0 Å². The van der Waals surface area contributed by atoms with Gasteiger partial charge in [0.2, 0.25) is 10.0 Å². The van der Waals surface area contributed by atoms with Crippen LogP contribution in [0.3, 0.4) is 0 Å². The fourth-order valence-electron chi connectivity index (χ4n) is 4.08. The van der Waals surface area contributed by atoms with Gasteiger partial charge in [0.05, 0.1) is 5.02 Å². The maximum Gasteiger partial charge on any atom is 0.254 e. The molecule has 2 aromatic rings. The SMILES string of the molecule is NS(=O)(=O)c1cc2c(cc1Cl)CN(C1CCN(Cc3ccc(F)cc3)CC1)C2=O. The maximum atomic E-state index is 13.1. The van der Waals surface area contributed by atoms with Crippen LogP contribution in [0, 0.1) is 5.82 Å². The van der Waals surface area contributed by atoms with Gasteiger partial charge in [-0.05, 0) is 48.2 Å². The number of fused-ring (bicyclic) bond motifs is 1. The average Bonchev–Trinajstić information content (AvgIpc) is 2.98. The Balaban J connectivity index is 1.43. The predicted octanol–water partition coefficient (Wildman–Crippen LogP) is 2.75. The highest BCUT2D eigenvalue weighted by Gasteiger charge is 2.35. The van der Waals surface area contributed by atoms with E-state index < -0.39 is 10.0 Å². The molecule has 1 saturated heterocycles. The van der Waals surface area contributed by atoms with Crippen LogP contribution >= 0.6 is 11.6 Å². The van der Waals surface area contributed by atoms with Gasteiger partial charge in [-0.1, -0.05) is 23.7 Å². The van der Waals surface area contributed by atoms with Gasteiger partial charge in [-0.25, -0.2) is 17.9 Å². The fourth-order valence-corrected chi connectivity index (χ4v) is 5.21. The molecule has 1 fully saturated rings. The molecule has 0 saturated carbocycles. The molecular formula is C20H21ClFN3O3S. The molecule has 0 radical (unpaired) electrons. The van der Waals surface area contributed by atoms with Crippen LogP contribution in [0.2, 0.25) is 5.02 Å². The van der Waals surface area contributed by atoms with E-state index in [2.05, 4.69) is 4.90 Å². The molecule has 0 spiro atoms. The van der Waals surface area contributed by atoms with Crippen LogP contribution in [0.1, 0.15) is 34.3 Å². The van der Waals surface area contributed by atoms with Crippen LogP contribution in [0.4, 0.5) is 4.39 Å². The lowest BCUT2D eigenvalue weighted by Crippen LogP contribution is -2.44. The topological polar surface area (TPSA) is 83.7 Å². The molecule has 2 N–H and O–H groups in total. The number of rotatable bonds is 4. The Kier molecular flexibility index (Phi) is 5.37. The molecule has 154 valence electrons. The number of amides is 1. The van der Waals surface area contributed by atoms with E-state index in [1.54, 1.807) is 17.0 Å². The van der Waals surface area contributed by atoms with Crippen molar-refractivity contribution in [3.05, 3.63) is 63.9 Å². The highest BCUT2D eigenvalue weighted by atomic mass is 35.5. The number of sulfonamides is 1. The van der Waals surface area contributed by atoms with Gasteiger partial charge in [0.1, 0.15) is 10.7 Å². The van der Waals surface area contributed by atoms with E-state index in [4.69, 9.17) is 16.7 Å². The van der Waals surface area contributed by atoms with Crippen LogP contribution in [0.15, 0.2) is 41.3 Å². The van der Waals surface area contributed by atoms with Gasteiger partial charge in [0.25, 0.3) is 5.91 Å². The van der Waals surface area contributed by atoms with Crippen molar-refractivity contribution in [2.45, 2.75) is 36.9 Å². The molecule has 0 unspecified atom stereocenters. The number of halogens is 2. The number of hydrogen-bond donors (Lipinski definition) is 1. The molecule has 9 heteroatoms. The minimum atomic E-state index is -3.99. The summed E-state index contributed by atoms with van der Waals surface area (Å²) in [7, 11) is -3.99. The van der Waals surface area contributed by atoms with Crippen molar-refractivity contribution >= 4 is 27.5 Å². The van der Waals surface area contributed by atoms with Crippen LogP contribution in [0.25, 0.3) is 0 Å². The minimum Gasteiger partial charge on any atom is -0.331 e. The second-order valence-corrected chi connectivity index (χ2v) is 9.49. The Morgan fingerprint density at radius 2 is 1.79 bits per heavy atom. The first-order valence-electron chi connectivity index (χ1n) is 9.35. The van der Waals surface area contributed by atoms with Crippen LogP contribution < -0.4 is 5.14 Å².